The molecule has 0 N–H and O–H groups in total. The van der Waals surface area contributed by atoms with Gasteiger partial charge in [0.1, 0.15) is 0 Å². The van der Waals surface area contributed by atoms with E-state index in [1.54, 1.807) is 6.92 Å². The van der Waals surface area contributed by atoms with Gasteiger partial charge in [0.25, 0.3) is 0 Å². The van der Waals surface area contributed by atoms with Crippen LogP contribution in [0, 0.1) is 17.3 Å². The Morgan fingerprint density at radius 2 is 1.17 bits per heavy atom. The lowest BCUT2D eigenvalue weighted by Gasteiger charge is -2.33. The molecule has 2 atom stereocenters. The molecule has 0 aliphatic rings. The van der Waals surface area contributed by atoms with E-state index >= 15 is 0 Å². The maximum atomic E-state index is 12.2. The van der Waals surface area contributed by atoms with Crippen LogP contribution in [0.5, 0.6) is 0 Å². The summed E-state index contributed by atoms with van der Waals surface area (Å²) in [5.41, 5.74) is -0.283. The summed E-state index contributed by atoms with van der Waals surface area (Å²) in [7, 11) is 0. The molecule has 12 heavy (non-hydrogen) atoms. The molecule has 3 heteroatoms. The first-order valence-electron chi connectivity index (χ1n) is 4.13. The van der Waals surface area contributed by atoms with Crippen LogP contribution in [0.3, 0.4) is 0 Å². The van der Waals surface area contributed by atoms with Crippen molar-refractivity contribution in [1.29, 1.82) is 0 Å². The summed E-state index contributed by atoms with van der Waals surface area (Å²) in [6.07, 6.45) is -4.06. The molecular formula is C9H17F3. The Morgan fingerprint density at radius 3 is 1.25 bits per heavy atom. The Morgan fingerprint density at radius 1 is 0.833 bits per heavy atom. The molecular weight excluding hydrogens is 165 g/mol. The Hall–Kier alpha value is -0.210. The van der Waals surface area contributed by atoms with Crippen molar-refractivity contribution in [2.75, 3.05) is 0 Å². The molecule has 0 saturated carbocycles. The number of halogens is 3. The second kappa shape index (κ2) is 3.27. The summed E-state index contributed by atoms with van der Waals surface area (Å²) < 4.78 is 36.7. The first-order chi connectivity index (χ1) is 5.07. The van der Waals surface area contributed by atoms with Crippen LogP contribution in [0.4, 0.5) is 13.2 Å². The van der Waals surface area contributed by atoms with Gasteiger partial charge in [0, 0.05) is 0 Å². The van der Waals surface area contributed by atoms with Crippen molar-refractivity contribution >= 4 is 0 Å². The number of alkyl halides is 3. The molecule has 0 fully saturated rings. The molecule has 0 nitrogen and oxygen atoms in total. The third-order valence-corrected chi connectivity index (χ3v) is 2.63. The van der Waals surface area contributed by atoms with Crippen LogP contribution < -0.4 is 0 Å². The quantitative estimate of drug-likeness (QED) is 0.577. The Labute approximate surface area is 72.2 Å². The van der Waals surface area contributed by atoms with Gasteiger partial charge in [0.2, 0.25) is 0 Å². The normalized spacial score (nSPS) is 19.0. The molecule has 0 radical (unpaired) electrons. The van der Waals surface area contributed by atoms with Crippen molar-refractivity contribution in [2.24, 2.45) is 17.3 Å². The van der Waals surface area contributed by atoms with Crippen LogP contribution in [-0.4, -0.2) is 6.18 Å². The summed E-state index contributed by atoms with van der Waals surface area (Å²) >= 11 is 0. The first-order valence-corrected chi connectivity index (χ1v) is 4.13. The number of rotatable bonds is 1. The average molecular weight is 182 g/mol. The van der Waals surface area contributed by atoms with Crippen molar-refractivity contribution in [3.05, 3.63) is 0 Å². The molecule has 0 aliphatic heterocycles. The average Bonchev–Trinajstić information content (AvgIpc) is 1.80. The van der Waals surface area contributed by atoms with Gasteiger partial charge in [-0.1, -0.05) is 34.6 Å². The van der Waals surface area contributed by atoms with E-state index in [9.17, 15) is 13.2 Å². The molecule has 0 heterocycles. The topological polar surface area (TPSA) is 0 Å². The third kappa shape index (κ3) is 3.03. The Balaban J connectivity index is 4.41. The van der Waals surface area contributed by atoms with Gasteiger partial charge in [-0.25, -0.2) is 0 Å². The molecule has 0 amide bonds. The highest BCUT2D eigenvalue weighted by atomic mass is 19.4. The summed E-state index contributed by atoms with van der Waals surface area (Å²) in [5, 5.41) is 0. The number of hydrogen-bond acceptors (Lipinski definition) is 0. The zero-order chi connectivity index (χ0) is 10.2. The van der Waals surface area contributed by atoms with Crippen LogP contribution in [-0.2, 0) is 0 Å². The minimum absolute atomic E-state index is 0.283. The van der Waals surface area contributed by atoms with E-state index in [0.717, 1.165) is 0 Å². The predicted octanol–water partition coefficient (Wildman–Crippen LogP) is 3.87. The zero-order valence-electron chi connectivity index (χ0n) is 8.29. The second-order valence-electron chi connectivity index (χ2n) is 4.48. The Bertz CT molecular complexity index is 123. The highest BCUT2D eigenvalue weighted by Crippen LogP contribution is 2.40. The summed E-state index contributed by atoms with van der Waals surface area (Å²) in [6, 6.07) is 0. The molecule has 74 valence electrons. The minimum atomic E-state index is -4.06. The van der Waals surface area contributed by atoms with Gasteiger partial charge in [-0.2, -0.15) is 13.2 Å². The van der Waals surface area contributed by atoms with Crippen LogP contribution in [0.2, 0.25) is 0 Å². The van der Waals surface area contributed by atoms with Crippen molar-refractivity contribution in [3.63, 3.8) is 0 Å². The van der Waals surface area contributed by atoms with E-state index in [-0.39, 0.29) is 11.3 Å². The molecule has 0 spiro atoms. The van der Waals surface area contributed by atoms with Crippen LogP contribution in [0.25, 0.3) is 0 Å². The maximum absolute atomic E-state index is 12.2. The van der Waals surface area contributed by atoms with Gasteiger partial charge >= 0.3 is 6.18 Å². The first kappa shape index (κ1) is 11.8. The molecule has 0 aromatic heterocycles. The van der Waals surface area contributed by atoms with Crippen molar-refractivity contribution in [1.82, 2.24) is 0 Å². The SMILES string of the molecule is CC([C@@H](C)C(C)(C)C)C(F)(F)F. The molecule has 0 aliphatic carbocycles. The van der Waals surface area contributed by atoms with Gasteiger partial charge in [-0.05, 0) is 11.3 Å². The number of hydrogen-bond donors (Lipinski definition) is 0. The van der Waals surface area contributed by atoms with E-state index in [1.807, 2.05) is 20.8 Å². The Kier molecular flexibility index (Phi) is 3.21. The maximum Gasteiger partial charge on any atom is 0.391 e. The van der Waals surface area contributed by atoms with Gasteiger partial charge in [-0.15, -0.1) is 0 Å². The van der Waals surface area contributed by atoms with Crippen LogP contribution >= 0.6 is 0 Å². The molecule has 0 rings (SSSR count). The summed E-state index contributed by atoms with van der Waals surface area (Å²) in [4.78, 5) is 0. The van der Waals surface area contributed by atoms with Gasteiger partial charge in [0.15, 0.2) is 0 Å². The fraction of sp³-hybridized carbons (Fsp3) is 1.00. The van der Waals surface area contributed by atoms with E-state index in [2.05, 4.69) is 0 Å². The van der Waals surface area contributed by atoms with Crippen molar-refractivity contribution in [3.8, 4) is 0 Å². The molecule has 0 bridgehead atoms. The smallest absolute Gasteiger partial charge is 0.171 e. The molecule has 0 aromatic rings. The standard InChI is InChI=1S/C9H17F3/c1-6(8(3,4)5)7(2)9(10,11)12/h6-7H,1-5H3/t6-,7?/m1/s1. The lowest BCUT2D eigenvalue weighted by atomic mass is 9.75. The van der Waals surface area contributed by atoms with E-state index in [1.165, 1.54) is 6.92 Å². The van der Waals surface area contributed by atoms with Crippen molar-refractivity contribution < 1.29 is 13.2 Å². The third-order valence-electron chi connectivity index (χ3n) is 2.63. The van der Waals surface area contributed by atoms with Gasteiger partial charge < -0.3 is 0 Å². The molecule has 0 saturated heterocycles. The molecule has 0 aromatic carbocycles. The highest BCUT2D eigenvalue weighted by molar-refractivity contribution is 4.78. The lowest BCUT2D eigenvalue weighted by molar-refractivity contribution is -0.190. The van der Waals surface area contributed by atoms with Crippen molar-refractivity contribution in [2.45, 2.75) is 40.8 Å². The highest BCUT2D eigenvalue weighted by Gasteiger charge is 2.42. The summed E-state index contributed by atoms with van der Waals surface area (Å²) in [5.74, 6) is -1.57. The fourth-order valence-electron chi connectivity index (χ4n) is 1.03. The largest absolute Gasteiger partial charge is 0.391 e. The summed E-state index contributed by atoms with van der Waals surface area (Å²) in [6.45, 7) is 8.40. The zero-order valence-corrected chi connectivity index (χ0v) is 8.29. The van der Waals surface area contributed by atoms with Crippen LogP contribution in [0.15, 0.2) is 0 Å². The minimum Gasteiger partial charge on any atom is -0.171 e. The van der Waals surface area contributed by atoms with E-state index < -0.39 is 12.1 Å². The molecule has 1 unspecified atom stereocenters. The predicted molar refractivity (Wildman–Crippen MR) is 43.8 cm³/mol. The van der Waals surface area contributed by atoms with Gasteiger partial charge in [-0.3, -0.25) is 0 Å². The van der Waals surface area contributed by atoms with Gasteiger partial charge in [0.05, 0.1) is 5.92 Å². The van der Waals surface area contributed by atoms with Crippen LogP contribution in [0.1, 0.15) is 34.6 Å². The monoisotopic (exact) mass is 182 g/mol. The fourth-order valence-corrected chi connectivity index (χ4v) is 1.03. The van der Waals surface area contributed by atoms with E-state index in [4.69, 9.17) is 0 Å². The van der Waals surface area contributed by atoms with E-state index in [0.29, 0.717) is 0 Å². The lowest BCUT2D eigenvalue weighted by Crippen LogP contribution is -2.33. The second-order valence-corrected chi connectivity index (χ2v) is 4.48.